The van der Waals surface area contributed by atoms with E-state index < -0.39 is 8.80 Å². The fourth-order valence-corrected chi connectivity index (χ4v) is 5.63. The Labute approximate surface area is 130 Å². The van der Waals surface area contributed by atoms with E-state index in [1.54, 1.807) is 0 Å². The first kappa shape index (κ1) is 16.4. The van der Waals surface area contributed by atoms with E-state index in [-0.39, 0.29) is 0 Å². The molecule has 3 nitrogen and oxygen atoms in total. The third-order valence-electron chi connectivity index (χ3n) is 4.22. The Morgan fingerprint density at radius 1 is 1.29 bits per heavy atom. The molecule has 1 heterocycles. The van der Waals surface area contributed by atoms with Gasteiger partial charge in [0.25, 0.3) is 0 Å². The summed E-state index contributed by atoms with van der Waals surface area (Å²) in [7, 11) is 1.10. The molecule has 1 atom stereocenters. The second-order valence-corrected chi connectivity index (χ2v) is 8.59. The summed E-state index contributed by atoms with van der Waals surface area (Å²) in [6.45, 7) is 11.5. The van der Waals surface area contributed by atoms with E-state index in [1.165, 1.54) is 43.1 Å². The van der Waals surface area contributed by atoms with Crippen molar-refractivity contribution in [3.05, 3.63) is 36.4 Å². The highest BCUT2D eigenvalue weighted by molar-refractivity contribution is 6.73. The van der Waals surface area contributed by atoms with Gasteiger partial charge in [-0.1, -0.05) is 42.1 Å². The quantitative estimate of drug-likeness (QED) is 0.702. The second kappa shape index (κ2) is 8.49. The maximum absolute atomic E-state index is 5.79. The van der Waals surface area contributed by atoms with Crippen LogP contribution in [-0.2, 0) is 4.74 Å². The minimum Gasteiger partial charge on any atom is -0.385 e. The molecule has 1 saturated heterocycles. The van der Waals surface area contributed by atoms with Crippen LogP contribution in [0.4, 0.5) is 0 Å². The summed E-state index contributed by atoms with van der Waals surface area (Å²) in [5.74, 6) is 0. The second-order valence-electron chi connectivity index (χ2n) is 5.83. The molecule has 21 heavy (non-hydrogen) atoms. The number of likely N-dealkylation sites (N-methyl/N-ethyl adjacent to an activating group) is 1. The number of rotatable bonds is 7. The molecule has 0 saturated carbocycles. The Morgan fingerprint density at radius 3 is 2.71 bits per heavy atom. The van der Waals surface area contributed by atoms with Gasteiger partial charge < -0.3 is 14.5 Å². The van der Waals surface area contributed by atoms with Gasteiger partial charge in [-0.05, 0) is 25.7 Å². The van der Waals surface area contributed by atoms with Crippen molar-refractivity contribution in [2.45, 2.75) is 6.92 Å². The van der Waals surface area contributed by atoms with Crippen LogP contribution in [0.1, 0.15) is 12.5 Å². The largest absolute Gasteiger partial charge is 0.385 e. The van der Waals surface area contributed by atoms with Crippen molar-refractivity contribution in [1.29, 1.82) is 0 Å². The van der Waals surface area contributed by atoms with E-state index >= 15 is 0 Å². The van der Waals surface area contributed by atoms with Gasteiger partial charge in [0.2, 0.25) is 0 Å². The smallest absolute Gasteiger partial charge is 0.114 e. The summed E-state index contributed by atoms with van der Waals surface area (Å²) in [4.78, 5) is 5.03. The Bertz CT molecular complexity index is 444. The predicted octanol–water partition coefficient (Wildman–Crippen LogP) is 1.13. The van der Waals surface area contributed by atoms with E-state index in [4.69, 9.17) is 4.74 Å². The molecule has 1 aliphatic rings. The fraction of sp³-hybridized carbons (Fsp3) is 0.529. The van der Waals surface area contributed by atoms with Crippen LogP contribution in [0.3, 0.4) is 0 Å². The molecule has 1 fully saturated rings. The lowest BCUT2D eigenvalue weighted by molar-refractivity contribution is 0.164. The lowest BCUT2D eigenvalue weighted by atomic mass is 10.2. The van der Waals surface area contributed by atoms with Crippen LogP contribution in [0.15, 0.2) is 30.8 Å². The first-order valence-corrected chi connectivity index (χ1v) is 10.1. The minimum absolute atomic E-state index is 0.813. The molecule has 0 spiro atoms. The number of hydrogen-bond donors (Lipinski definition) is 0. The van der Waals surface area contributed by atoms with Crippen molar-refractivity contribution in [2.75, 3.05) is 52.2 Å². The summed E-state index contributed by atoms with van der Waals surface area (Å²) >= 11 is 0. The Hall–Kier alpha value is -0.943. The molecule has 0 N–H and O–H groups in total. The predicted molar refractivity (Wildman–Crippen MR) is 93.7 cm³/mol. The summed E-state index contributed by atoms with van der Waals surface area (Å²) < 4.78 is 5.79. The van der Waals surface area contributed by atoms with Crippen LogP contribution in [-0.4, -0.2) is 70.8 Å². The van der Waals surface area contributed by atoms with Crippen molar-refractivity contribution in [3.8, 4) is 0 Å². The Morgan fingerprint density at radius 2 is 2.05 bits per heavy atom. The number of piperazine rings is 1. The highest BCUT2D eigenvalue weighted by Gasteiger charge is 2.21. The molecule has 116 valence electrons. The Kier molecular flexibility index (Phi) is 6.64. The van der Waals surface area contributed by atoms with Crippen LogP contribution < -0.4 is 5.19 Å². The lowest BCUT2D eigenvalue weighted by Crippen LogP contribution is -2.52. The molecule has 0 aliphatic carbocycles. The molecule has 1 aromatic carbocycles. The van der Waals surface area contributed by atoms with E-state index in [0.29, 0.717) is 0 Å². The van der Waals surface area contributed by atoms with Crippen molar-refractivity contribution in [1.82, 2.24) is 9.80 Å². The third-order valence-corrected chi connectivity index (χ3v) is 7.11. The van der Waals surface area contributed by atoms with E-state index in [2.05, 4.69) is 54.6 Å². The summed E-state index contributed by atoms with van der Waals surface area (Å²) in [5, 5.41) is 1.50. The van der Waals surface area contributed by atoms with Gasteiger partial charge in [-0.2, -0.15) is 0 Å². The van der Waals surface area contributed by atoms with E-state index in [9.17, 15) is 0 Å². The van der Waals surface area contributed by atoms with Crippen molar-refractivity contribution in [3.63, 3.8) is 0 Å². The molecule has 1 aromatic rings. The summed E-state index contributed by atoms with van der Waals surface area (Å²) in [5.41, 5.74) is 1.22. The third kappa shape index (κ3) is 5.07. The average molecular weight is 305 g/mol. The molecule has 2 rings (SSSR count). The van der Waals surface area contributed by atoms with Crippen LogP contribution in [0.5, 0.6) is 0 Å². The van der Waals surface area contributed by atoms with Gasteiger partial charge in [0.1, 0.15) is 8.80 Å². The maximum Gasteiger partial charge on any atom is 0.114 e. The topological polar surface area (TPSA) is 15.7 Å². The molecular weight excluding hydrogens is 276 g/mol. The number of nitrogens with zero attached hydrogens (tertiary/aromatic N) is 2. The number of ether oxygens (including phenoxy) is 1. The van der Waals surface area contributed by atoms with Crippen LogP contribution in [0, 0.1) is 0 Å². The highest BCUT2D eigenvalue weighted by atomic mass is 28.3. The molecule has 0 aromatic heterocycles. The van der Waals surface area contributed by atoms with Crippen molar-refractivity contribution < 1.29 is 4.74 Å². The first-order valence-electron chi connectivity index (χ1n) is 7.94. The Balaban J connectivity index is 2.04. The summed E-state index contributed by atoms with van der Waals surface area (Å²) in [6, 6.07) is 8.86. The SMILES string of the molecule is C=Cc1cccc([SiH](COCC)CN2CCN(C)CC2)c1. The van der Waals surface area contributed by atoms with Crippen molar-refractivity contribution in [2.24, 2.45) is 0 Å². The highest BCUT2D eigenvalue weighted by Crippen LogP contribution is 2.04. The monoisotopic (exact) mass is 304 g/mol. The number of hydrogen-bond acceptors (Lipinski definition) is 3. The molecule has 0 radical (unpaired) electrons. The maximum atomic E-state index is 5.79. The molecule has 0 bridgehead atoms. The van der Waals surface area contributed by atoms with Crippen molar-refractivity contribution >= 4 is 20.1 Å². The van der Waals surface area contributed by atoms with Gasteiger partial charge >= 0.3 is 0 Å². The van der Waals surface area contributed by atoms with Crippen LogP contribution >= 0.6 is 0 Å². The van der Waals surface area contributed by atoms with Gasteiger partial charge in [-0.3, -0.25) is 0 Å². The summed E-state index contributed by atoms with van der Waals surface area (Å²) in [6.07, 6.45) is 4.09. The first-order chi connectivity index (χ1) is 10.2. The lowest BCUT2D eigenvalue weighted by Gasteiger charge is -2.34. The number of benzene rings is 1. The van der Waals surface area contributed by atoms with Gasteiger partial charge in [0, 0.05) is 39.0 Å². The van der Waals surface area contributed by atoms with Gasteiger partial charge in [0.15, 0.2) is 0 Å². The van der Waals surface area contributed by atoms with Crippen LogP contribution in [0.25, 0.3) is 6.08 Å². The average Bonchev–Trinajstić information content (AvgIpc) is 2.53. The zero-order valence-corrected chi connectivity index (χ0v) is 14.6. The fourth-order valence-electron chi connectivity index (χ4n) is 2.80. The van der Waals surface area contributed by atoms with E-state index in [1.807, 2.05) is 6.08 Å². The van der Waals surface area contributed by atoms with Gasteiger partial charge in [0.05, 0.1) is 0 Å². The molecule has 1 aliphatic heterocycles. The van der Waals surface area contributed by atoms with E-state index in [0.717, 1.165) is 12.8 Å². The zero-order chi connectivity index (χ0) is 15.1. The van der Waals surface area contributed by atoms with Crippen LogP contribution in [0.2, 0.25) is 0 Å². The van der Waals surface area contributed by atoms with Gasteiger partial charge in [-0.15, -0.1) is 0 Å². The minimum atomic E-state index is -1.11. The zero-order valence-electron chi connectivity index (χ0n) is 13.4. The molecule has 1 unspecified atom stereocenters. The normalized spacial score (nSPS) is 18.6. The van der Waals surface area contributed by atoms with Gasteiger partial charge in [-0.25, -0.2) is 0 Å². The molecule has 0 amide bonds. The molecule has 4 heteroatoms. The standard InChI is InChI=1S/C17H28N2OSi/c1-4-16-7-6-8-17(13-16)21(15-20-5-2)14-19-11-9-18(3)10-12-19/h4,6-8,13,21H,1,5,9-12,14-15H2,2-3H3. The molecular formula is C17H28N2OSi.